The second-order valence-corrected chi connectivity index (χ2v) is 4.28. The third-order valence-corrected chi connectivity index (χ3v) is 2.40. The predicted molar refractivity (Wildman–Crippen MR) is 62.3 cm³/mol. The molecule has 0 fully saturated rings. The molecule has 0 aliphatic carbocycles. The summed E-state index contributed by atoms with van der Waals surface area (Å²) >= 11 is 0. The molecule has 0 radical (unpaired) electrons. The summed E-state index contributed by atoms with van der Waals surface area (Å²) in [5.41, 5.74) is 0.978. The second kappa shape index (κ2) is 6.24. The lowest BCUT2D eigenvalue weighted by Gasteiger charge is -2.07. The Morgan fingerprint density at radius 3 is 2.75 bits per heavy atom. The fraction of sp³-hybridized carbons (Fsp3) is 0.462. The van der Waals surface area contributed by atoms with Gasteiger partial charge in [-0.1, -0.05) is 19.9 Å². The lowest BCUT2D eigenvalue weighted by Crippen LogP contribution is -2.17. The van der Waals surface area contributed by atoms with Crippen molar-refractivity contribution in [1.29, 1.82) is 5.26 Å². The molecule has 0 saturated carbocycles. The average Bonchev–Trinajstić information content (AvgIpc) is 2.25. The highest BCUT2D eigenvalue weighted by Gasteiger charge is 2.03. The summed E-state index contributed by atoms with van der Waals surface area (Å²) in [7, 11) is 0. The van der Waals surface area contributed by atoms with Crippen LogP contribution in [0.4, 0.5) is 4.39 Å². The monoisotopic (exact) mass is 220 g/mol. The number of hydrogen-bond acceptors (Lipinski definition) is 2. The molecule has 0 bridgehead atoms. The molecule has 0 atom stereocenters. The third kappa shape index (κ3) is 4.00. The molecule has 0 aliphatic rings. The summed E-state index contributed by atoms with van der Waals surface area (Å²) in [6.45, 7) is 5.72. The number of nitriles is 1. The first-order chi connectivity index (χ1) is 7.63. The average molecular weight is 220 g/mol. The van der Waals surface area contributed by atoms with E-state index in [0.29, 0.717) is 23.6 Å². The minimum atomic E-state index is -0.309. The maximum absolute atomic E-state index is 13.4. The molecule has 0 spiro atoms. The van der Waals surface area contributed by atoms with Gasteiger partial charge in [0.1, 0.15) is 5.82 Å². The van der Waals surface area contributed by atoms with E-state index in [1.165, 1.54) is 6.07 Å². The highest BCUT2D eigenvalue weighted by molar-refractivity contribution is 5.32. The minimum absolute atomic E-state index is 0.309. The van der Waals surface area contributed by atoms with E-state index in [4.69, 9.17) is 5.26 Å². The molecular weight excluding hydrogens is 203 g/mol. The topological polar surface area (TPSA) is 35.8 Å². The number of nitrogens with one attached hydrogen (secondary N) is 1. The molecule has 2 nitrogen and oxygen atoms in total. The number of nitrogens with zero attached hydrogens (tertiary/aromatic N) is 1. The third-order valence-electron chi connectivity index (χ3n) is 2.40. The van der Waals surface area contributed by atoms with E-state index in [0.717, 1.165) is 13.0 Å². The summed E-state index contributed by atoms with van der Waals surface area (Å²) in [6, 6.07) is 6.50. The highest BCUT2D eigenvalue weighted by atomic mass is 19.1. The van der Waals surface area contributed by atoms with Gasteiger partial charge in [0.2, 0.25) is 0 Å². The quantitative estimate of drug-likeness (QED) is 0.774. The molecule has 0 unspecified atom stereocenters. The van der Waals surface area contributed by atoms with Gasteiger partial charge in [0, 0.05) is 12.1 Å². The van der Waals surface area contributed by atoms with Gasteiger partial charge in [-0.3, -0.25) is 0 Å². The van der Waals surface area contributed by atoms with Gasteiger partial charge in [0.25, 0.3) is 0 Å². The maximum atomic E-state index is 13.4. The van der Waals surface area contributed by atoms with Crippen molar-refractivity contribution in [2.24, 2.45) is 5.92 Å². The van der Waals surface area contributed by atoms with Crippen LogP contribution in [0.3, 0.4) is 0 Å². The summed E-state index contributed by atoms with van der Waals surface area (Å²) in [4.78, 5) is 0. The van der Waals surface area contributed by atoms with Crippen LogP contribution in [0.1, 0.15) is 31.4 Å². The Balaban J connectivity index is 2.46. The number of hydrogen-bond donors (Lipinski definition) is 1. The molecular formula is C13H17FN2. The molecule has 1 N–H and O–H groups in total. The standard InChI is InChI=1S/C13H17FN2/c1-10(2)5-6-16-9-12-4-3-11(8-15)7-13(12)14/h3-4,7,10,16H,5-6,9H2,1-2H3. The summed E-state index contributed by atoms with van der Waals surface area (Å²) < 4.78 is 13.4. The van der Waals surface area contributed by atoms with Crippen LogP contribution < -0.4 is 5.32 Å². The van der Waals surface area contributed by atoms with E-state index in [2.05, 4.69) is 19.2 Å². The summed E-state index contributed by atoms with van der Waals surface area (Å²) in [5.74, 6) is 0.342. The number of benzene rings is 1. The van der Waals surface area contributed by atoms with E-state index in [1.54, 1.807) is 12.1 Å². The molecule has 3 heteroatoms. The normalized spacial score (nSPS) is 10.4. The molecule has 16 heavy (non-hydrogen) atoms. The van der Waals surface area contributed by atoms with Crippen LogP contribution in [0.2, 0.25) is 0 Å². The van der Waals surface area contributed by atoms with Crippen LogP contribution in [0.25, 0.3) is 0 Å². The van der Waals surface area contributed by atoms with Crippen LogP contribution in [-0.4, -0.2) is 6.54 Å². The Kier molecular flexibility index (Phi) is 4.94. The zero-order chi connectivity index (χ0) is 12.0. The van der Waals surface area contributed by atoms with Crippen LogP contribution in [-0.2, 0) is 6.54 Å². The summed E-state index contributed by atoms with van der Waals surface area (Å²) in [6.07, 6.45) is 1.08. The smallest absolute Gasteiger partial charge is 0.129 e. The fourth-order valence-electron chi connectivity index (χ4n) is 1.37. The Hall–Kier alpha value is -1.40. The van der Waals surface area contributed by atoms with E-state index in [1.807, 2.05) is 6.07 Å². The van der Waals surface area contributed by atoms with Crippen molar-refractivity contribution in [3.63, 3.8) is 0 Å². The van der Waals surface area contributed by atoms with Crippen molar-refractivity contribution < 1.29 is 4.39 Å². The first-order valence-electron chi connectivity index (χ1n) is 5.52. The number of halogens is 1. The van der Waals surface area contributed by atoms with Gasteiger partial charge in [-0.15, -0.1) is 0 Å². The van der Waals surface area contributed by atoms with Crippen molar-refractivity contribution in [2.75, 3.05) is 6.54 Å². The molecule has 0 saturated heterocycles. The van der Waals surface area contributed by atoms with E-state index < -0.39 is 0 Å². The minimum Gasteiger partial charge on any atom is -0.313 e. The van der Waals surface area contributed by atoms with Gasteiger partial charge in [-0.2, -0.15) is 5.26 Å². The van der Waals surface area contributed by atoms with Crippen molar-refractivity contribution >= 4 is 0 Å². The SMILES string of the molecule is CC(C)CCNCc1ccc(C#N)cc1F. The van der Waals surface area contributed by atoms with Crippen molar-refractivity contribution in [3.8, 4) is 6.07 Å². The Morgan fingerprint density at radius 2 is 2.19 bits per heavy atom. The number of rotatable bonds is 5. The molecule has 1 rings (SSSR count). The lowest BCUT2D eigenvalue weighted by atomic mass is 10.1. The van der Waals surface area contributed by atoms with E-state index in [9.17, 15) is 4.39 Å². The Labute approximate surface area is 96.1 Å². The van der Waals surface area contributed by atoms with E-state index in [-0.39, 0.29) is 5.82 Å². The van der Waals surface area contributed by atoms with Gasteiger partial charge in [-0.05, 0) is 31.0 Å². The van der Waals surface area contributed by atoms with Crippen LogP contribution in [0.15, 0.2) is 18.2 Å². The van der Waals surface area contributed by atoms with Crippen molar-refractivity contribution in [2.45, 2.75) is 26.8 Å². The zero-order valence-electron chi connectivity index (χ0n) is 9.76. The molecule has 0 aliphatic heterocycles. The molecule has 0 heterocycles. The first kappa shape index (κ1) is 12.7. The maximum Gasteiger partial charge on any atom is 0.129 e. The van der Waals surface area contributed by atoms with Gasteiger partial charge in [0.15, 0.2) is 0 Å². The van der Waals surface area contributed by atoms with Gasteiger partial charge in [0.05, 0.1) is 11.6 Å². The molecule has 1 aromatic carbocycles. The lowest BCUT2D eigenvalue weighted by molar-refractivity contribution is 0.527. The summed E-state index contributed by atoms with van der Waals surface area (Å²) in [5, 5.41) is 11.8. The first-order valence-corrected chi connectivity index (χ1v) is 5.52. The molecule has 1 aromatic rings. The Morgan fingerprint density at radius 1 is 1.44 bits per heavy atom. The second-order valence-electron chi connectivity index (χ2n) is 4.28. The largest absolute Gasteiger partial charge is 0.313 e. The van der Waals surface area contributed by atoms with Crippen molar-refractivity contribution in [1.82, 2.24) is 5.32 Å². The Bertz CT molecular complexity index is 380. The molecule has 0 amide bonds. The molecule has 0 aromatic heterocycles. The predicted octanol–water partition coefficient (Wildman–Crippen LogP) is 2.83. The molecule has 86 valence electrons. The van der Waals surface area contributed by atoms with Crippen LogP contribution in [0.5, 0.6) is 0 Å². The fourth-order valence-corrected chi connectivity index (χ4v) is 1.37. The van der Waals surface area contributed by atoms with Crippen molar-refractivity contribution in [3.05, 3.63) is 35.1 Å². The van der Waals surface area contributed by atoms with Gasteiger partial charge < -0.3 is 5.32 Å². The van der Waals surface area contributed by atoms with Crippen LogP contribution in [0, 0.1) is 23.1 Å². The zero-order valence-corrected chi connectivity index (χ0v) is 9.76. The highest BCUT2D eigenvalue weighted by Crippen LogP contribution is 2.09. The van der Waals surface area contributed by atoms with Crippen LogP contribution >= 0.6 is 0 Å². The van der Waals surface area contributed by atoms with E-state index >= 15 is 0 Å². The van der Waals surface area contributed by atoms with Gasteiger partial charge in [-0.25, -0.2) is 4.39 Å². The van der Waals surface area contributed by atoms with Gasteiger partial charge >= 0.3 is 0 Å².